The molecule has 19 heavy (non-hydrogen) atoms. The number of hydrogen-bond acceptors (Lipinski definition) is 2. The van der Waals surface area contributed by atoms with Gasteiger partial charge in [0.2, 0.25) is 0 Å². The smallest absolute Gasteiger partial charge is 0.319 e. The normalized spacial score (nSPS) is 16.4. The lowest BCUT2D eigenvalue weighted by atomic mass is 9.89. The molecule has 1 aliphatic rings. The van der Waals surface area contributed by atoms with Crippen LogP contribution in [0.5, 0.6) is 0 Å². The van der Waals surface area contributed by atoms with Crippen LogP contribution in [0.15, 0.2) is 36.7 Å². The highest BCUT2D eigenvalue weighted by atomic mass is 16.2. The molecule has 1 fully saturated rings. The molecular weight excluding hydrogens is 238 g/mol. The van der Waals surface area contributed by atoms with Crippen LogP contribution in [-0.2, 0) is 6.54 Å². The van der Waals surface area contributed by atoms with Crippen molar-refractivity contribution in [3.05, 3.63) is 42.4 Å². The van der Waals surface area contributed by atoms with Gasteiger partial charge in [0.25, 0.3) is 0 Å². The molecule has 2 rings (SSSR count). The fraction of sp³-hybridized carbons (Fsp3) is 0.467. The number of aromatic nitrogens is 1. The zero-order valence-corrected chi connectivity index (χ0v) is 11.1. The quantitative estimate of drug-likeness (QED) is 0.873. The molecule has 2 amide bonds. The van der Waals surface area contributed by atoms with Crippen LogP contribution in [0, 0.1) is 5.92 Å². The fourth-order valence-corrected chi connectivity index (χ4v) is 2.31. The average molecular weight is 259 g/mol. The number of urea groups is 1. The number of nitrogens with zero attached hydrogens (tertiary/aromatic N) is 1. The molecule has 1 aromatic heterocycles. The Hall–Kier alpha value is -1.84. The number of carbonyl (C=O) groups excluding carboxylic acids is 1. The lowest BCUT2D eigenvalue weighted by Gasteiger charge is -2.17. The van der Waals surface area contributed by atoms with E-state index in [2.05, 4.69) is 21.7 Å². The Morgan fingerprint density at radius 2 is 2.16 bits per heavy atom. The van der Waals surface area contributed by atoms with Gasteiger partial charge in [0, 0.05) is 12.4 Å². The molecule has 0 saturated heterocycles. The number of allylic oxidation sites excluding steroid dienone is 1. The molecule has 0 unspecified atom stereocenters. The summed E-state index contributed by atoms with van der Waals surface area (Å²) < 4.78 is 0. The van der Waals surface area contributed by atoms with Gasteiger partial charge in [-0.2, -0.15) is 0 Å². The molecule has 0 spiro atoms. The maximum atomic E-state index is 11.6. The predicted octanol–water partition coefficient (Wildman–Crippen LogP) is 2.97. The van der Waals surface area contributed by atoms with Crippen molar-refractivity contribution in [1.82, 2.24) is 15.6 Å². The maximum Gasteiger partial charge on any atom is 0.319 e. The van der Waals surface area contributed by atoms with E-state index in [-0.39, 0.29) is 6.03 Å². The molecule has 102 valence electrons. The summed E-state index contributed by atoms with van der Waals surface area (Å²) in [5.41, 5.74) is 0.855. The Balaban J connectivity index is 1.65. The third kappa shape index (κ3) is 5.12. The van der Waals surface area contributed by atoms with E-state index in [1.54, 1.807) is 12.4 Å². The van der Waals surface area contributed by atoms with Crippen molar-refractivity contribution < 1.29 is 4.79 Å². The SMILES string of the molecule is O=C(N/C=C/C1CCCCC1)NCc1ccccn1. The third-order valence-electron chi connectivity index (χ3n) is 3.39. The zero-order valence-electron chi connectivity index (χ0n) is 11.1. The average Bonchev–Trinajstić information content (AvgIpc) is 2.47. The van der Waals surface area contributed by atoms with Crippen molar-refractivity contribution in [3.63, 3.8) is 0 Å². The second kappa shape index (κ2) is 7.56. The van der Waals surface area contributed by atoms with Crippen LogP contribution in [0.2, 0.25) is 0 Å². The lowest BCUT2D eigenvalue weighted by molar-refractivity contribution is 0.243. The van der Waals surface area contributed by atoms with Crippen LogP contribution in [0.4, 0.5) is 4.79 Å². The van der Waals surface area contributed by atoms with Crippen molar-refractivity contribution in [2.75, 3.05) is 0 Å². The first-order valence-electron chi connectivity index (χ1n) is 6.95. The fourth-order valence-electron chi connectivity index (χ4n) is 2.31. The topological polar surface area (TPSA) is 54.0 Å². The van der Waals surface area contributed by atoms with Crippen molar-refractivity contribution in [2.45, 2.75) is 38.6 Å². The van der Waals surface area contributed by atoms with E-state index in [0.717, 1.165) is 5.69 Å². The van der Waals surface area contributed by atoms with Crippen LogP contribution >= 0.6 is 0 Å². The van der Waals surface area contributed by atoms with Crippen LogP contribution in [0.3, 0.4) is 0 Å². The van der Waals surface area contributed by atoms with E-state index >= 15 is 0 Å². The number of hydrogen-bond donors (Lipinski definition) is 2. The van der Waals surface area contributed by atoms with Gasteiger partial charge < -0.3 is 10.6 Å². The van der Waals surface area contributed by atoms with Gasteiger partial charge in [-0.05, 0) is 30.9 Å². The molecule has 1 aliphatic carbocycles. The van der Waals surface area contributed by atoms with Crippen LogP contribution in [0.25, 0.3) is 0 Å². The molecule has 4 heteroatoms. The van der Waals surface area contributed by atoms with E-state index in [0.29, 0.717) is 12.5 Å². The molecule has 0 atom stereocenters. The third-order valence-corrected chi connectivity index (χ3v) is 3.39. The van der Waals surface area contributed by atoms with E-state index < -0.39 is 0 Å². The Kier molecular flexibility index (Phi) is 5.41. The van der Waals surface area contributed by atoms with E-state index in [9.17, 15) is 4.79 Å². The summed E-state index contributed by atoms with van der Waals surface area (Å²) in [6.45, 7) is 0.448. The number of carbonyl (C=O) groups is 1. The van der Waals surface area contributed by atoms with Gasteiger partial charge in [-0.25, -0.2) is 4.79 Å². The molecular formula is C15H21N3O. The van der Waals surface area contributed by atoms with Crippen LogP contribution < -0.4 is 10.6 Å². The first-order valence-corrected chi connectivity index (χ1v) is 6.95. The molecule has 0 bridgehead atoms. The van der Waals surface area contributed by atoms with Gasteiger partial charge >= 0.3 is 6.03 Å². The Morgan fingerprint density at radius 3 is 2.89 bits per heavy atom. The second-order valence-corrected chi connectivity index (χ2v) is 4.91. The lowest BCUT2D eigenvalue weighted by Crippen LogP contribution is -2.31. The summed E-state index contributed by atoms with van der Waals surface area (Å²) in [5, 5.41) is 5.51. The predicted molar refractivity (Wildman–Crippen MR) is 75.3 cm³/mol. The first kappa shape index (κ1) is 13.6. The minimum absolute atomic E-state index is 0.183. The largest absolute Gasteiger partial charge is 0.332 e. The van der Waals surface area contributed by atoms with Crippen molar-refractivity contribution in [1.29, 1.82) is 0 Å². The highest BCUT2D eigenvalue weighted by molar-refractivity contribution is 5.74. The Labute approximate surface area is 114 Å². The minimum atomic E-state index is -0.183. The number of amides is 2. The molecule has 1 aromatic rings. The molecule has 0 aliphatic heterocycles. The van der Waals surface area contributed by atoms with Crippen molar-refractivity contribution >= 4 is 6.03 Å². The first-order chi connectivity index (χ1) is 9.34. The van der Waals surface area contributed by atoms with E-state index in [4.69, 9.17) is 0 Å². The number of pyridine rings is 1. The summed E-state index contributed by atoms with van der Waals surface area (Å²) in [6.07, 6.45) is 12.0. The van der Waals surface area contributed by atoms with E-state index in [1.165, 1.54) is 32.1 Å². The molecule has 1 heterocycles. The monoisotopic (exact) mass is 259 g/mol. The Morgan fingerprint density at radius 1 is 1.32 bits per heavy atom. The van der Waals surface area contributed by atoms with Gasteiger partial charge in [-0.3, -0.25) is 4.98 Å². The van der Waals surface area contributed by atoms with Gasteiger partial charge in [0.15, 0.2) is 0 Å². The molecule has 2 N–H and O–H groups in total. The van der Waals surface area contributed by atoms with Crippen molar-refractivity contribution in [3.8, 4) is 0 Å². The van der Waals surface area contributed by atoms with Crippen molar-refractivity contribution in [2.24, 2.45) is 5.92 Å². The summed E-state index contributed by atoms with van der Waals surface area (Å²) in [5.74, 6) is 0.629. The number of rotatable bonds is 4. The molecule has 0 radical (unpaired) electrons. The maximum absolute atomic E-state index is 11.6. The standard InChI is InChI=1S/C15H21N3O/c19-15(18-12-14-8-4-5-10-16-14)17-11-9-13-6-2-1-3-7-13/h4-5,8-11,13H,1-3,6-7,12H2,(H2,17,18,19)/b11-9+. The second-order valence-electron chi connectivity index (χ2n) is 4.91. The number of nitrogens with one attached hydrogen (secondary N) is 2. The van der Waals surface area contributed by atoms with Crippen LogP contribution in [-0.4, -0.2) is 11.0 Å². The zero-order chi connectivity index (χ0) is 13.3. The summed E-state index contributed by atoms with van der Waals surface area (Å²) in [4.78, 5) is 15.7. The van der Waals surface area contributed by atoms with Gasteiger partial charge in [-0.15, -0.1) is 0 Å². The molecule has 0 aromatic carbocycles. The van der Waals surface area contributed by atoms with Gasteiger partial charge in [-0.1, -0.05) is 31.4 Å². The summed E-state index contributed by atoms with van der Waals surface area (Å²) in [6, 6.07) is 5.47. The Bertz CT molecular complexity index is 411. The highest BCUT2D eigenvalue weighted by Gasteiger charge is 2.09. The van der Waals surface area contributed by atoms with E-state index in [1.807, 2.05) is 18.2 Å². The molecule has 1 saturated carbocycles. The van der Waals surface area contributed by atoms with Gasteiger partial charge in [0.1, 0.15) is 0 Å². The molecule has 4 nitrogen and oxygen atoms in total. The van der Waals surface area contributed by atoms with Crippen LogP contribution in [0.1, 0.15) is 37.8 Å². The summed E-state index contributed by atoms with van der Waals surface area (Å²) >= 11 is 0. The van der Waals surface area contributed by atoms with Gasteiger partial charge in [0.05, 0.1) is 12.2 Å². The minimum Gasteiger partial charge on any atom is -0.332 e. The summed E-state index contributed by atoms with van der Waals surface area (Å²) in [7, 11) is 0. The highest BCUT2D eigenvalue weighted by Crippen LogP contribution is 2.24.